The second-order valence-corrected chi connectivity index (χ2v) is 4.99. The SMILES string of the molecule is COC(=O)C1=C(C)NC(=O)N[C@@H]1c1cccc(Cl)c1Cl. The Labute approximate surface area is 125 Å². The van der Waals surface area contributed by atoms with Crippen molar-refractivity contribution in [2.75, 3.05) is 7.11 Å². The summed E-state index contributed by atoms with van der Waals surface area (Å²) >= 11 is 12.1. The summed E-state index contributed by atoms with van der Waals surface area (Å²) < 4.78 is 4.75. The van der Waals surface area contributed by atoms with Gasteiger partial charge in [0.05, 0.1) is 28.8 Å². The van der Waals surface area contributed by atoms with Crippen LogP contribution >= 0.6 is 23.2 Å². The molecule has 1 aromatic rings. The van der Waals surface area contributed by atoms with Gasteiger partial charge in [0.2, 0.25) is 0 Å². The fraction of sp³-hybridized carbons (Fsp3) is 0.231. The summed E-state index contributed by atoms with van der Waals surface area (Å²) in [5.41, 5.74) is 1.24. The normalized spacial score (nSPS) is 18.4. The maximum absolute atomic E-state index is 11.9. The van der Waals surface area contributed by atoms with Gasteiger partial charge in [0.1, 0.15) is 0 Å². The molecular formula is C13H12Cl2N2O3. The molecule has 2 rings (SSSR count). The lowest BCUT2D eigenvalue weighted by atomic mass is 9.95. The number of halogens is 2. The first-order valence-corrected chi connectivity index (χ1v) is 6.51. The predicted octanol–water partition coefficient (Wildman–Crippen LogP) is 2.79. The zero-order valence-electron chi connectivity index (χ0n) is 10.8. The summed E-state index contributed by atoms with van der Waals surface area (Å²) in [5, 5.41) is 5.81. The zero-order valence-corrected chi connectivity index (χ0v) is 12.3. The van der Waals surface area contributed by atoms with E-state index in [0.29, 0.717) is 16.3 Å². The third kappa shape index (κ3) is 2.59. The number of allylic oxidation sites excluding steroid dienone is 1. The van der Waals surface area contributed by atoms with Gasteiger partial charge >= 0.3 is 12.0 Å². The Kier molecular flexibility index (Phi) is 4.20. The number of hydrogen-bond acceptors (Lipinski definition) is 3. The van der Waals surface area contributed by atoms with E-state index in [1.165, 1.54) is 7.11 Å². The van der Waals surface area contributed by atoms with Crippen LogP contribution in [0.2, 0.25) is 10.0 Å². The third-order valence-corrected chi connectivity index (χ3v) is 3.80. The molecule has 7 heteroatoms. The van der Waals surface area contributed by atoms with Crippen molar-refractivity contribution in [1.29, 1.82) is 0 Å². The number of rotatable bonds is 2. The third-order valence-electron chi connectivity index (χ3n) is 2.97. The molecule has 1 heterocycles. The van der Waals surface area contributed by atoms with Crippen molar-refractivity contribution in [3.05, 3.63) is 45.1 Å². The smallest absolute Gasteiger partial charge is 0.337 e. The van der Waals surface area contributed by atoms with E-state index < -0.39 is 18.0 Å². The number of methoxy groups -OCH3 is 1. The van der Waals surface area contributed by atoms with Crippen LogP contribution in [0.5, 0.6) is 0 Å². The van der Waals surface area contributed by atoms with Crippen molar-refractivity contribution >= 4 is 35.2 Å². The van der Waals surface area contributed by atoms with Crippen molar-refractivity contribution in [2.45, 2.75) is 13.0 Å². The second-order valence-electron chi connectivity index (χ2n) is 4.20. The van der Waals surface area contributed by atoms with Crippen molar-refractivity contribution < 1.29 is 14.3 Å². The highest BCUT2D eigenvalue weighted by Crippen LogP contribution is 2.35. The molecule has 2 amide bonds. The number of carbonyl (C=O) groups excluding carboxylic acids is 2. The van der Waals surface area contributed by atoms with Gasteiger partial charge in [-0.3, -0.25) is 0 Å². The fourth-order valence-corrected chi connectivity index (χ4v) is 2.47. The number of urea groups is 1. The van der Waals surface area contributed by atoms with Crippen LogP contribution in [-0.2, 0) is 9.53 Å². The van der Waals surface area contributed by atoms with E-state index >= 15 is 0 Å². The average molecular weight is 315 g/mol. The van der Waals surface area contributed by atoms with E-state index in [2.05, 4.69) is 10.6 Å². The standard InChI is InChI=1S/C13H12Cl2N2O3/c1-6-9(12(18)20-2)11(17-13(19)16-6)7-4-3-5-8(14)10(7)15/h3-5,11H,1-2H3,(H2,16,17,19)/t11-/m1/s1. The molecule has 106 valence electrons. The minimum absolute atomic E-state index is 0.288. The quantitative estimate of drug-likeness (QED) is 0.825. The zero-order chi connectivity index (χ0) is 14.9. The first-order chi connectivity index (χ1) is 9.45. The van der Waals surface area contributed by atoms with Gasteiger partial charge in [-0.25, -0.2) is 9.59 Å². The van der Waals surface area contributed by atoms with Gasteiger partial charge in [0.15, 0.2) is 0 Å². The first-order valence-electron chi connectivity index (χ1n) is 5.76. The summed E-state index contributed by atoms with van der Waals surface area (Å²) in [6.45, 7) is 1.62. The van der Waals surface area contributed by atoms with Gasteiger partial charge in [0, 0.05) is 5.70 Å². The Morgan fingerprint density at radius 3 is 2.70 bits per heavy atom. The Morgan fingerprint density at radius 2 is 2.05 bits per heavy atom. The average Bonchev–Trinajstić information content (AvgIpc) is 2.40. The lowest BCUT2D eigenvalue weighted by molar-refractivity contribution is -0.136. The Hall–Kier alpha value is -1.72. The lowest BCUT2D eigenvalue weighted by Gasteiger charge is -2.28. The summed E-state index contributed by atoms with van der Waals surface area (Å²) in [6.07, 6.45) is 0. The lowest BCUT2D eigenvalue weighted by Crippen LogP contribution is -2.45. The van der Waals surface area contributed by atoms with Crippen LogP contribution in [0.25, 0.3) is 0 Å². The van der Waals surface area contributed by atoms with Crippen LogP contribution in [-0.4, -0.2) is 19.1 Å². The van der Waals surface area contributed by atoms with Crippen LogP contribution in [0, 0.1) is 0 Å². The summed E-state index contributed by atoms with van der Waals surface area (Å²) in [5.74, 6) is -0.545. The predicted molar refractivity (Wildman–Crippen MR) is 75.6 cm³/mol. The maximum Gasteiger partial charge on any atom is 0.337 e. The minimum Gasteiger partial charge on any atom is -0.466 e. The number of nitrogens with one attached hydrogen (secondary N) is 2. The van der Waals surface area contributed by atoms with Gasteiger partial charge in [-0.15, -0.1) is 0 Å². The molecule has 0 aliphatic carbocycles. The summed E-state index contributed by atoms with van der Waals surface area (Å²) in [7, 11) is 1.27. The van der Waals surface area contributed by atoms with E-state index in [0.717, 1.165) is 0 Å². The monoisotopic (exact) mass is 314 g/mol. The molecule has 0 bridgehead atoms. The van der Waals surface area contributed by atoms with Crippen molar-refractivity contribution in [3.8, 4) is 0 Å². The Balaban J connectivity index is 2.57. The van der Waals surface area contributed by atoms with E-state index in [9.17, 15) is 9.59 Å². The maximum atomic E-state index is 11.9. The summed E-state index contributed by atoms with van der Waals surface area (Å²) in [6, 6.07) is 3.89. The molecule has 0 radical (unpaired) electrons. The van der Waals surface area contributed by atoms with Crippen molar-refractivity contribution in [1.82, 2.24) is 10.6 Å². The first kappa shape index (κ1) is 14.7. The Morgan fingerprint density at radius 1 is 1.35 bits per heavy atom. The number of amides is 2. The van der Waals surface area contributed by atoms with Gasteiger partial charge in [0.25, 0.3) is 0 Å². The molecule has 2 N–H and O–H groups in total. The molecule has 0 saturated heterocycles. The molecular weight excluding hydrogens is 303 g/mol. The van der Waals surface area contributed by atoms with E-state index in [1.54, 1.807) is 25.1 Å². The van der Waals surface area contributed by atoms with Crippen molar-refractivity contribution in [2.24, 2.45) is 0 Å². The van der Waals surface area contributed by atoms with Crippen LogP contribution in [0.4, 0.5) is 4.79 Å². The van der Waals surface area contributed by atoms with Gasteiger partial charge < -0.3 is 15.4 Å². The molecule has 5 nitrogen and oxygen atoms in total. The van der Waals surface area contributed by atoms with E-state index in [-0.39, 0.29) is 10.6 Å². The largest absolute Gasteiger partial charge is 0.466 e. The van der Waals surface area contributed by atoms with E-state index in [1.807, 2.05) is 0 Å². The molecule has 1 aliphatic rings. The molecule has 0 aromatic heterocycles. The summed E-state index contributed by atoms with van der Waals surface area (Å²) in [4.78, 5) is 23.5. The molecule has 1 aliphatic heterocycles. The molecule has 0 spiro atoms. The number of hydrogen-bond donors (Lipinski definition) is 2. The fourth-order valence-electron chi connectivity index (χ4n) is 2.05. The molecule has 0 saturated carbocycles. The molecule has 0 fully saturated rings. The van der Waals surface area contributed by atoms with Crippen LogP contribution in [0.1, 0.15) is 18.5 Å². The minimum atomic E-state index is -0.706. The molecule has 0 unspecified atom stereocenters. The van der Waals surface area contributed by atoms with Crippen LogP contribution < -0.4 is 10.6 Å². The molecule has 1 atom stereocenters. The van der Waals surface area contributed by atoms with Crippen molar-refractivity contribution in [3.63, 3.8) is 0 Å². The number of esters is 1. The molecule has 1 aromatic carbocycles. The number of carbonyl (C=O) groups is 2. The highest BCUT2D eigenvalue weighted by atomic mass is 35.5. The Bertz CT molecular complexity index is 614. The molecule has 20 heavy (non-hydrogen) atoms. The van der Waals surface area contributed by atoms with Crippen LogP contribution in [0.3, 0.4) is 0 Å². The van der Waals surface area contributed by atoms with E-state index in [4.69, 9.17) is 27.9 Å². The number of benzene rings is 1. The highest BCUT2D eigenvalue weighted by Gasteiger charge is 2.33. The van der Waals surface area contributed by atoms with Gasteiger partial charge in [-0.1, -0.05) is 35.3 Å². The second kappa shape index (κ2) is 5.73. The highest BCUT2D eigenvalue weighted by molar-refractivity contribution is 6.42. The van der Waals surface area contributed by atoms with Gasteiger partial charge in [-0.05, 0) is 18.6 Å². The topological polar surface area (TPSA) is 67.4 Å². The van der Waals surface area contributed by atoms with Crippen LogP contribution in [0.15, 0.2) is 29.5 Å². The number of ether oxygens (including phenoxy) is 1. The van der Waals surface area contributed by atoms with Gasteiger partial charge in [-0.2, -0.15) is 0 Å².